The van der Waals surface area contributed by atoms with E-state index in [4.69, 9.17) is 9.82 Å². The molecule has 1 aromatic heterocycles. The van der Waals surface area contributed by atoms with Gasteiger partial charge in [0.1, 0.15) is 5.01 Å². The number of thiazole rings is 1. The molecule has 1 amide bonds. The van der Waals surface area contributed by atoms with E-state index < -0.39 is 0 Å². The van der Waals surface area contributed by atoms with Crippen molar-refractivity contribution in [1.29, 1.82) is 0 Å². The Labute approximate surface area is 146 Å². The summed E-state index contributed by atoms with van der Waals surface area (Å²) in [4.78, 5) is 25.1. The Morgan fingerprint density at radius 2 is 2.17 bits per heavy atom. The number of hydroxylamine groups is 2. The average molecular weight is 345 g/mol. The highest BCUT2D eigenvalue weighted by atomic mass is 32.1. The zero-order valence-corrected chi connectivity index (χ0v) is 14.6. The number of nitrogens with zero attached hydrogens (tertiary/aromatic N) is 3. The third-order valence-electron chi connectivity index (χ3n) is 4.82. The second-order valence-corrected chi connectivity index (χ2v) is 7.55. The molecule has 6 heteroatoms. The van der Waals surface area contributed by atoms with Crippen molar-refractivity contribution in [3.8, 4) is 0 Å². The van der Waals surface area contributed by atoms with E-state index in [-0.39, 0.29) is 11.9 Å². The fourth-order valence-corrected chi connectivity index (χ4v) is 4.66. The number of carbonyl (C=O) groups excluding carboxylic acids is 1. The van der Waals surface area contributed by atoms with Crippen LogP contribution in [0.5, 0.6) is 0 Å². The molecule has 2 aliphatic heterocycles. The van der Waals surface area contributed by atoms with Gasteiger partial charge in [0.05, 0.1) is 22.9 Å². The van der Waals surface area contributed by atoms with Gasteiger partial charge in [-0.15, -0.1) is 11.3 Å². The summed E-state index contributed by atoms with van der Waals surface area (Å²) in [5.74, 6) is 0.228. The maximum atomic E-state index is 12.7. The number of para-hydroxylation sites is 1. The van der Waals surface area contributed by atoms with Crippen LogP contribution in [0, 0.1) is 0 Å². The van der Waals surface area contributed by atoms with Gasteiger partial charge in [0, 0.05) is 26.1 Å². The molecular weight excluding hydrogens is 322 g/mol. The van der Waals surface area contributed by atoms with Gasteiger partial charge in [0.25, 0.3) is 0 Å². The van der Waals surface area contributed by atoms with Gasteiger partial charge in [-0.1, -0.05) is 12.1 Å². The van der Waals surface area contributed by atoms with Gasteiger partial charge in [0.15, 0.2) is 0 Å². The Kier molecular flexibility index (Phi) is 4.78. The minimum absolute atomic E-state index is 0.150. The van der Waals surface area contributed by atoms with Gasteiger partial charge in [-0.3, -0.25) is 9.63 Å². The summed E-state index contributed by atoms with van der Waals surface area (Å²) in [6, 6.07) is 8.36. The van der Waals surface area contributed by atoms with E-state index in [1.165, 1.54) is 4.70 Å². The number of rotatable bonds is 4. The van der Waals surface area contributed by atoms with Crippen LogP contribution in [-0.2, 0) is 9.63 Å². The number of benzene rings is 1. The molecule has 1 aromatic carbocycles. The molecule has 2 saturated heterocycles. The molecule has 5 nitrogen and oxygen atoms in total. The number of fused-ring (bicyclic) bond motifs is 1. The summed E-state index contributed by atoms with van der Waals surface area (Å²) in [7, 11) is 0. The topological polar surface area (TPSA) is 45.7 Å². The molecule has 0 saturated carbocycles. The minimum Gasteiger partial charge on any atom is -0.333 e. The molecule has 0 radical (unpaired) electrons. The van der Waals surface area contributed by atoms with Crippen LogP contribution in [-0.4, -0.2) is 47.1 Å². The number of hydrogen-bond acceptors (Lipinski definition) is 5. The first-order chi connectivity index (χ1) is 11.8. The molecule has 0 bridgehead atoms. The number of likely N-dealkylation sites (tertiary alicyclic amines) is 1. The van der Waals surface area contributed by atoms with Crippen molar-refractivity contribution in [2.45, 2.75) is 38.1 Å². The molecule has 128 valence electrons. The second-order valence-electron chi connectivity index (χ2n) is 6.48. The predicted molar refractivity (Wildman–Crippen MR) is 94.7 cm³/mol. The molecule has 24 heavy (non-hydrogen) atoms. The Morgan fingerprint density at radius 3 is 3.00 bits per heavy atom. The van der Waals surface area contributed by atoms with Crippen LogP contribution in [0.25, 0.3) is 10.2 Å². The Balaban J connectivity index is 1.42. The van der Waals surface area contributed by atoms with Crippen LogP contribution in [0.15, 0.2) is 24.3 Å². The lowest BCUT2D eigenvalue weighted by molar-refractivity contribution is -0.182. The van der Waals surface area contributed by atoms with E-state index in [0.717, 1.165) is 55.9 Å². The van der Waals surface area contributed by atoms with E-state index in [1.807, 2.05) is 28.2 Å². The molecular formula is C18H23N3O2S. The van der Waals surface area contributed by atoms with E-state index >= 15 is 0 Å². The highest BCUT2D eigenvalue weighted by Gasteiger charge is 2.32. The monoisotopic (exact) mass is 345 g/mol. The van der Waals surface area contributed by atoms with Gasteiger partial charge in [-0.25, -0.2) is 4.98 Å². The van der Waals surface area contributed by atoms with Crippen molar-refractivity contribution in [3.63, 3.8) is 0 Å². The van der Waals surface area contributed by atoms with Crippen molar-refractivity contribution in [2.75, 3.05) is 26.2 Å². The standard InChI is InChI=1S/C18H23N3O2S/c22-17(9-12-20-10-3-4-13-23-20)21-11-5-7-15(21)18-19-14-6-1-2-8-16(14)24-18/h1-2,6,8,15H,3-5,7,9-13H2/t15-/m0/s1. The Morgan fingerprint density at radius 1 is 1.25 bits per heavy atom. The highest BCUT2D eigenvalue weighted by Crippen LogP contribution is 2.36. The molecule has 0 spiro atoms. The van der Waals surface area contributed by atoms with Crippen molar-refractivity contribution in [2.24, 2.45) is 0 Å². The summed E-state index contributed by atoms with van der Waals surface area (Å²) in [6.07, 6.45) is 4.89. The average Bonchev–Trinajstić information content (AvgIpc) is 3.26. The second kappa shape index (κ2) is 7.17. The van der Waals surface area contributed by atoms with Crippen molar-refractivity contribution < 1.29 is 9.63 Å². The zero-order valence-electron chi connectivity index (χ0n) is 13.8. The fraction of sp³-hybridized carbons (Fsp3) is 0.556. The van der Waals surface area contributed by atoms with Crippen molar-refractivity contribution in [1.82, 2.24) is 14.9 Å². The van der Waals surface area contributed by atoms with Crippen LogP contribution in [0.3, 0.4) is 0 Å². The summed E-state index contributed by atoms with van der Waals surface area (Å²) >= 11 is 1.72. The lowest BCUT2D eigenvalue weighted by Crippen LogP contribution is -2.36. The maximum absolute atomic E-state index is 12.7. The lowest BCUT2D eigenvalue weighted by atomic mass is 10.2. The molecule has 2 aromatic rings. The number of hydrogen-bond donors (Lipinski definition) is 0. The Hall–Kier alpha value is -1.50. The minimum atomic E-state index is 0.150. The van der Waals surface area contributed by atoms with E-state index in [2.05, 4.69) is 6.07 Å². The first kappa shape index (κ1) is 16.0. The van der Waals surface area contributed by atoms with Crippen LogP contribution < -0.4 is 0 Å². The number of carbonyl (C=O) groups is 1. The Bertz CT molecular complexity index is 678. The summed E-state index contributed by atoms with van der Waals surface area (Å²) in [6.45, 7) is 3.27. The van der Waals surface area contributed by atoms with Gasteiger partial charge in [-0.05, 0) is 37.8 Å². The third kappa shape index (κ3) is 3.31. The SMILES string of the molecule is O=C(CCN1CCCCO1)N1CCC[C@H]1c1nc2ccccc2s1. The first-order valence-electron chi connectivity index (χ1n) is 8.84. The molecule has 1 atom stereocenters. The van der Waals surface area contributed by atoms with Gasteiger partial charge in [0.2, 0.25) is 5.91 Å². The van der Waals surface area contributed by atoms with E-state index in [0.29, 0.717) is 13.0 Å². The predicted octanol–water partition coefficient (Wildman–Crippen LogP) is 3.38. The summed E-state index contributed by atoms with van der Waals surface area (Å²) < 4.78 is 1.20. The largest absolute Gasteiger partial charge is 0.333 e. The molecule has 0 unspecified atom stereocenters. The number of aromatic nitrogens is 1. The van der Waals surface area contributed by atoms with E-state index in [1.54, 1.807) is 11.3 Å². The zero-order chi connectivity index (χ0) is 16.4. The van der Waals surface area contributed by atoms with Gasteiger partial charge >= 0.3 is 0 Å². The lowest BCUT2D eigenvalue weighted by Gasteiger charge is -2.28. The normalized spacial score (nSPS) is 22.3. The fourth-order valence-electron chi connectivity index (χ4n) is 3.54. The first-order valence-corrected chi connectivity index (χ1v) is 9.66. The summed E-state index contributed by atoms with van der Waals surface area (Å²) in [5.41, 5.74) is 1.04. The third-order valence-corrected chi connectivity index (χ3v) is 5.96. The van der Waals surface area contributed by atoms with Crippen LogP contribution in [0.1, 0.15) is 43.2 Å². The maximum Gasteiger partial charge on any atom is 0.224 e. The van der Waals surface area contributed by atoms with Crippen molar-refractivity contribution >= 4 is 27.5 Å². The molecule has 0 aliphatic carbocycles. The molecule has 2 fully saturated rings. The van der Waals surface area contributed by atoms with Crippen LogP contribution in [0.4, 0.5) is 0 Å². The van der Waals surface area contributed by atoms with Crippen LogP contribution in [0.2, 0.25) is 0 Å². The van der Waals surface area contributed by atoms with Gasteiger partial charge in [-0.2, -0.15) is 5.06 Å². The van der Waals surface area contributed by atoms with Gasteiger partial charge < -0.3 is 4.90 Å². The molecule has 4 rings (SSSR count). The quantitative estimate of drug-likeness (QED) is 0.852. The smallest absolute Gasteiger partial charge is 0.224 e. The van der Waals surface area contributed by atoms with Crippen molar-refractivity contribution in [3.05, 3.63) is 29.3 Å². The number of amides is 1. The molecule has 2 aliphatic rings. The van der Waals surface area contributed by atoms with E-state index in [9.17, 15) is 4.79 Å². The molecule has 0 N–H and O–H groups in total. The van der Waals surface area contributed by atoms with Crippen LogP contribution >= 0.6 is 11.3 Å². The highest BCUT2D eigenvalue weighted by molar-refractivity contribution is 7.18. The molecule has 3 heterocycles. The summed E-state index contributed by atoms with van der Waals surface area (Å²) in [5, 5.41) is 3.03.